The maximum Gasteiger partial charge on any atom is 0.160 e. The maximum atomic E-state index is 5.42. The molecule has 5 nitrogen and oxygen atoms in total. The lowest BCUT2D eigenvalue weighted by molar-refractivity contribution is 0.0763. The molecule has 1 aliphatic rings. The van der Waals surface area contributed by atoms with Crippen LogP contribution in [0.4, 0.5) is 0 Å². The van der Waals surface area contributed by atoms with E-state index in [4.69, 9.17) is 4.74 Å². The summed E-state index contributed by atoms with van der Waals surface area (Å²) in [6, 6.07) is 6.27. The van der Waals surface area contributed by atoms with Gasteiger partial charge in [-0.1, -0.05) is 6.07 Å². The zero-order valence-corrected chi connectivity index (χ0v) is 8.97. The van der Waals surface area contributed by atoms with Gasteiger partial charge in [0.2, 0.25) is 0 Å². The highest BCUT2D eigenvalue weighted by molar-refractivity contribution is 5.37. The molecule has 5 heteroatoms. The molecule has 0 bridgehead atoms. The minimum atomic E-state index is 0.348. The van der Waals surface area contributed by atoms with Crippen LogP contribution in [0.3, 0.4) is 0 Å². The predicted octanol–water partition coefficient (Wildman–Crippen LogP) is 0.260. The van der Waals surface area contributed by atoms with E-state index in [-0.39, 0.29) is 0 Å². The summed E-state index contributed by atoms with van der Waals surface area (Å²) in [6.45, 7) is 2.47. The molecular weight excluding hydrogens is 204 g/mol. The summed E-state index contributed by atoms with van der Waals surface area (Å²) in [4.78, 5) is 0. The molecular formula is C11H14N4O. The Kier molecular flexibility index (Phi) is 2.55. The van der Waals surface area contributed by atoms with Crippen LogP contribution in [0.1, 0.15) is 5.82 Å². The molecule has 1 atom stereocenters. The van der Waals surface area contributed by atoms with E-state index in [0.29, 0.717) is 6.04 Å². The van der Waals surface area contributed by atoms with Crippen LogP contribution in [0.25, 0.3) is 5.65 Å². The molecule has 3 heterocycles. The number of rotatable bonds is 2. The molecule has 1 unspecified atom stereocenters. The molecule has 0 aliphatic carbocycles. The minimum Gasteiger partial charge on any atom is -0.379 e. The fraction of sp³-hybridized carbons (Fsp3) is 0.455. The fourth-order valence-electron chi connectivity index (χ4n) is 2.00. The third kappa shape index (κ3) is 1.79. The Balaban J connectivity index is 1.83. The van der Waals surface area contributed by atoms with E-state index in [1.807, 2.05) is 28.8 Å². The van der Waals surface area contributed by atoms with Gasteiger partial charge < -0.3 is 10.1 Å². The van der Waals surface area contributed by atoms with E-state index in [0.717, 1.165) is 37.7 Å². The van der Waals surface area contributed by atoms with Gasteiger partial charge in [-0.2, -0.15) is 0 Å². The zero-order valence-electron chi connectivity index (χ0n) is 8.97. The van der Waals surface area contributed by atoms with Crippen molar-refractivity contribution in [3.05, 3.63) is 30.2 Å². The molecule has 3 rings (SSSR count). The Labute approximate surface area is 93.4 Å². The van der Waals surface area contributed by atoms with E-state index in [2.05, 4.69) is 15.5 Å². The molecule has 2 aromatic rings. The van der Waals surface area contributed by atoms with Gasteiger partial charge in [-0.3, -0.25) is 4.40 Å². The molecule has 1 aliphatic heterocycles. The van der Waals surface area contributed by atoms with Gasteiger partial charge in [0.15, 0.2) is 5.65 Å². The monoisotopic (exact) mass is 218 g/mol. The number of fused-ring (bicyclic) bond motifs is 1. The molecule has 84 valence electrons. The van der Waals surface area contributed by atoms with E-state index < -0.39 is 0 Å². The molecule has 1 saturated heterocycles. The number of nitrogens with one attached hydrogen (secondary N) is 1. The molecule has 1 fully saturated rings. The van der Waals surface area contributed by atoms with Gasteiger partial charge in [-0.15, -0.1) is 10.2 Å². The van der Waals surface area contributed by atoms with E-state index >= 15 is 0 Å². The van der Waals surface area contributed by atoms with E-state index in [1.165, 1.54) is 0 Å². The summed E-state index contributed by atoms with van der Waals surface area (Å²) < 4.78 is 7.45. The Hall–Kier alpha value is -1.46. The van der Waals surface area contributed by atoms with Gasteiger partial charge in [-0.05, 0) is 12.1 Å². The third-order valence-corrected chi connectivity index (χ3v) is 2.81. The lowest BCUT2D eigenvalue weighted by atomic mass is 10.2. The number of hydrogen-bond donors (Lipinski definition) is 1. The van der Waals surface area contributed by atoms with Crippen LogP contribution in [0.5, 0.6) is 0 Å². The number of pyridine rings is 1. The first-order valence-corrected chi connectivity index (χ1v) is 5.53. The second kappa shape index (κ2) is 4.19. The summed E-state index contributed by atoms with van der Waals surface area (Å²) in [7, 11) is 0. The van der Waals surface area contributed by atoms with Gasteiger partial charge in [0, 0.05) is 25.2 Å². The quantitative estimate of drug-likeness (QED) is 0.785. The Morgan fingerprint density at radius 2 is 2.44 bits per heavy atom. The normalized spacial score (nSPS) is 21.4. The van der Waals surface area contributed by atoms with Crippen LogP contribution in [0.2, 0.25) is 0 Å². The van der Waals surface area contributed by atoms with Crippen molar-refractivity contribution in [1.29, 1.82) is 0 Å². The summed E-state index contributed by atoms with van der Waals surface area (Å²) >= 11 is 0. The van der Waals surface area contributed by atoms with Crippen molar-refractivity contribution in [2.45, 2.75) is 12.5 Å². The van der Waals surface area contributed by atoms with Crippen molar-refractivity contribution < 1.29 is 4.74 Å². The molecule has 0 amide bonds. The number of hydrogen-bond acceptors (Lipinski definition) is 4. The second-order valence-corrected chi connectivity index (χ2v) is 3.98. The molecule has 0 aromatic carbocycles. The van der Waals surface area contributed by atoms with Crippen molar-refractivity contribution in [1.82, 2.24) is 19.9 Å². The Bertz CT molecular complexity index is 476. The molecule has 16 heavy (non-hydrogen) atoms. The molecule has 2 aromatic heterocycles. The van der Waals surface area contributed by atoms with Gasteiger partial charge in [0.1, 0.15) is 5.82 Å². The Morgan fingerprint density at radius 1 is 1.44 bits per heavy atom. The highest BCUT2D eigenvalue weighted by atomic mass is 16.5. The van der Waals surface area contributed by atoms with Crippen LogP contribution in [0, 0.1) is 0 Å². The first-order chi connectivity index (χ1) is 7.93. The van der Waals surface area contributed by atoms with Gasteiger partial charge in [-0.25, -0.2) is 0 Å². The average Bonchev–Trinajstić information content (AvgIpc) is 2.74. The van der Waals surface area contributed by atoms with Crippen molar-refractivity contribution in [2.24, 2.45) is 0 Å². The molecule has 1 N–H and O–H groups in total. The van der Waals surface area contributed by atoms with Crippen molar-refractivity contribution in [3.63, 3.8) is 0 Å². The van der Waals surface area contributed by atoms with Crippen LogP contribution >= 0.6 is 0 Å². The lowest BCUT2D eigenvalue weighted by Gasteiger charge is -2.22. The summed E-state index contributed by atoms with van der Waals surface area (Å²) in [5, 5.41) is 11.8. The van der Waals surface area contributed by atoms with Crippen molar-refractivity contribution >= 4 is 5.65 Å². The van der Waals surface area contributed by atoms with Gasteiger partial charge in [0.25, 0.3) is 0 Å². The van der Waals surface area contributed by atoms with E-state index in [9.17, 15) is 0 Å². The smallest absolute Gasteiger partial charge is 0.160 e. The van der Waals surface area contributed by atoms with E-state index in [1.54, 1.807) is 0 Å². The average molecular weight is 218 g/mol. The summed E-state index contributed by atoms with van der Waals surface area (Å²) in [5.74, 6) is 0.985. The lowest BCUT2D eigenvalue weighted by Crippen LogP contribution is -2.42. The van der Waals surface area contributed by atoms with Gasteiger partial charge in [0.05, 0.1) is 13.2 Å². The Morgan fingerprint density at radius 3 is 3.31 bits per heavy atom. The molecule has 0 saturated carbocycles. The second-order valence-electron chi connectivity index (χ2n) is 3.98. The summed E-state index contributed by atoms with van der Waals surface area (Å²) in [5.41, 5.74) is 0.897. The highest BCUT2D eigenvalue weighted by Crippen LogP contribution is 2.06. The standard InChI is InChI=1S/C11H14N4O/c1-2-5-15-10(3-1)13-14-11(15)7-9-8-16-6-4-12-9/h1-3,5,9,12H,4,6-8H2. The zero-order chi connectivity index (χ0) is 10.8. The van der Waals surface area contributed by atoms with Crippen LogP contribution in [-0.4, -0.2) is 40.4 Å². The minimum absolute atomic E-state index is 0.348. The first kappa shape index (κ1) is 9.74. The SMILES string of the molecule is c1ccn2c(CC3COCCN3)nnc2c1. The predicted molar refractivity (Wildman–Crippen MR) is 59.3 cm³/mol. The first-order valence-electron chi connectivity index (χ1n) is 5.53. The van der Waals surface area contributed by atoms with Gasteiger partial charge >= 0.3 is 0 Å². The van der Waals surface area contributed by atoms with Crippen molar-refractivity contribution in [3.8, 4) is 0 Å². The van der Waals surface area contributed by atoms with Crippen LogP contribution in [-0.2, 0) is 11.2 Å². The third-order valence-electron chi connectivity index (χ3n) is 2.81. The number of ether oxygens (including phenoxy) is 1. The molecule has 0 spiro atoms. The van der Waals surface area contributed by atoms with Crippen LogP contribution < -0.4 is 5.32 Å². The maximum absolute atomic E-state index is 5.42. The topological polar surface area (TPSA) is 51.5 Å². The fourth-order valence-corrected chi connectivity index (χ4v) is 2.00. The molecule has 0 radical (unpaired) electrons. The largest absolute Gasteiger partial charge is 0.379 e. The summed E-state index contributed by atoms with van der Waals surface area (Å²) in [6.07, 6.45) is 2.85. The van der Waals surface area contributed by atoms with Crippen molar-refractivity contribution in [2.75, 3.05) is 19.8 Å². The number of aromatic nitrogens is 3. The van der Waals surface area contributed by atoms with Crippen LogP contribution in [0.15, 0.2) is 24.4 Å². The number of morpholine rings is 1. The highest BCUT2D eigenvalue weighted by Gasteiger charge is 2.16. The number of nitrogens with zero attached hydrogens (tertiary/aromatic N) is 3.